The molecule has 0 fully saturated rings. The van der Waals surface area contributed by atoms with Crippen LogP contribution in [0.5, 0.6) is 0 Å². The smallest absolute Gasteiger partial charge is 0.325 e. The molecule has 1 amide bonds. The molecule has 28 heteroatoms. The zero-order valence-electron chi connectivity index (χ0n) is 19.4. The second-order valence-corrected chi connectivity index (χ2v) is 82.5. The predicted molar refractivity (Wildman–Crippen MR) is 242 cm³/mol. The van der Waals surface area contributed by atoms with Crippen molar-refractivity contribution >= 4 is 243 Å². The Morgan fingerprint density at radius 1 is 0.854 bits per heavy atom. The topological polar surface area (TPSA) is 83.5 Å². The van der Waals surface area contributed by atoms with E-state index in [4.69, 9.17) is 162 Å². The number of carbonyl (C=O) groups is 3. The van der Waals surface area contributed by atoms with Gasteiger partial charge in [0.25, 0.3) is 0 Å². The maximum absolute atomic E-state index is 11.7. The first-order chi connectivity index (χ1) is 18.2. The van der Waals surface area contributed by atoms with Gasteiger partial charge in [0, 0.05) is 63.1 Å². The van der Waals surface area contributed by atoms with Gasteiger partial charge < -0.3 is 10.4 Å². The van der Waals surface area contributed by atoms with Gasteiger partial charge in [0.05, 0.1) is 0 Å². The standard InChI is InChI=1S/C13H15NO4S.IS21/c1-9(12(16)17)14-11(15)7-8-19-13(18)10-5-3-2-4-6-10;1-17(4,5)19(8,9)21(12,13)22(14,15)20(10,11)18(6,7)16(2)3/h2-6,9H,7-8H2,1H3,(H,14,15)(H,16,17);/q;-1. The quantitative estimate of drug-likeness (QED) is 0.139. The van der Waals surface area contributed by atoms with Crippen LogP contribution in [0.2, 0.25) is 0 Å². The van der Waals surface area contributed by atoms with Crippen molar-refractivity contribution in [3.05, 3.63) is 35.9 Å². The van der Waals surface area contributed by atoms with Gasteiger partial charge in [-0.2, -0.15) is 0 Å². The summed E-state index contributed by atoms with van der Waals surface area (Å²) in [5.41, 5.74) is 0.590. The molecule has 5 nitrogen and oxygen atoms in total. The Labute approximate surface area is 322 Å². The zero-order chi connectivity index (χ0) is 32.8. The lowest BCUT2D eigenvalue weighted by atomic mass is 10.2. The molecular weight excluding hydrogens is 1070 g/mol. The largest absolute Gasteiger partial charge is 0.480 e. The van der Waals surface area contributed by atoms with Crippen molar-refractivity contribution in [2.75, 3.05) is 5.75 Å². The molecule has 0 bridgehead atoms. The van der Waals surface area contributed by atoms with Crippen LogP contribution in [-0.4, -0.2) is 33.9 Å². The van der Waals surface area contributed by atoms with Gasteiger partial charge in [-0.1, -0.05) is 69.7 Å². The van der Waals surface area contributed by atoms with Crippen molar-refractivity contribution in [2.24, 2.45) is 0 Å². The number of amides is 1. The zero-order valence-corrected chi connectivity index (χ0v) is 39.5. The highest BCUT2D eigenvalue weighted by Gasteiger charge is 2.33. The highest BCUT2D eigenvalue weighted by Crippen LogP contribution is 2.34. The third kappa shape index (κ3) is 12.1. The third-order valence-corrected chi connectivity index (χ3v) is 125. The maximum Gasteiger partial charge on any atom is 0.325 e. The van der Waals surface area contributed by atoms with E-state index in [-0.39, 0.29) is 17.4 Å². The molecule has 0 heterocycles. The Kier molecular flexibility index (Phi) is 20.4. The SMILES string of the molecule is CC(NC(=O)CCSC(=O)c1ccccc1)C(=O)O.S=[S-](=S)S(=S)(=S)S(=S)(=S)S(=S)(=S)S(=S)(=S)S(=S)(=S)S(=S)(=S)I. The van der Waals surface area contributed by atoms with Crippen LogP contribution < -0.4 is 5.32 Å². The van der Waals surface area contributed by atoms with Gasteiger partial charge in [0.2, 0.25) is 11.0 Å². The Balaban J connectivity index is 0.000000788. The number of nitrogens with one attached hydrogen (secondary N) is 1. The number of thioether (sulfide) groups is 1. The van der Waals surface area contributed by atoms with Crippen molar-refractivity contribution in [3.8, 4) is 0 Å². The van der Waals surface area contributed by atoms with Crippen LogP contribution in [0.3, 0.4) is 0 Å². The molecule has 1 aromatic rings. The van der Waals surface area contributed by atoms with Gasteiger partial charge >= 0.3 is 5.97 Å². The van der Waals surface area contributed by atoms with Gasteiger partial charge in [-0.05, 0) is 119 Å². The van der Waals surface area contributed by atoms with Crippen LogP contribution in [0, 0.1) is 0 Å². The molecule has 1 rings (SSSR count). The lowest BCUT2D eigenvalue weighted by molar-refractivity contribution is -0.141. The normalized spacial score (nSPS) is 13.8. The Morgan fingerprint density at radius 2 is 1.29 bits per heavy atom. The number of benzene rings is 1. The molecule has 1 aromatic carbocycles. The number of hydrogen-bond donors (Lipinski definition) is 2. The Hall–Kier alpha value is 4.44. The van der Waals surface area contributed by atoms with Crippen LogP contribution in [0.1, 0.15) is 23.7 Å². The van der Waals surface area contributed by atoms with Gasteiger partial charge in [-0.15, -0.1) is 0 Å². The van der Waals surface area contributed by atoms with E-state index >= 15 is 0 Å². The molecule has 0 aromatic heterocycles. The molecule has 0 aliphatic carbocycles. The average Bonchev–Trinajstić information content (AvgIpc) is 2.83. The molecule has 236 valence electrons. The summed E-state index contributed by atoms with van der Waals surface area (Å²) in [5, 5.41) is -2.92. The highest BCUT2D eigenvalue weighted by molar-refractivity contribution is 14.2. The molecule has 0 aliphatic heterocycles. The first-order valence-corrected chi connectivity index (χ1v) is 39.8. The molecule has 2 N–H and O–H groups in total. The summed E-state index contributed by atoms with van der Waals surface area (Å²) < 4.78 is -2.29. The molecule has 1 unspecified atom stereocenters. The number of carboxylic acid groups (broad SMARTS) is 1. The van der Waals surface area contributed by atoms with Crippen molar-refractivity contribution < 1.29 is 19.5 Å². The summed E-state index contributed by atoms with van der Waals surface area (Å²) in [6.45, 7) is 1.39. The first kappa shape index (κ1) is 45.4. The summed E-state index contributed by atoms with van der Waals surface area (Å²) >= 11 is 78.5. The molecule has 41 heavy (non-hydrogen) atoms. The van der Waals surface area contributed by atoms with Crippen molar-refractivity contribution in [1.29, 1.82) is 0 Å². The molecule has 0 saturated carbocycles. The van der Waals surface area contributed by atoms with Gasteiger partial charge in [-0.3, -0.25) is 21.4 Å². The van der Waals surface area contributed by atoms with Gasteiger partial charge in [-0.25, -0.2) is 22.4 Å². The second-order valence-electron chi connectivity index (χ2n) is 6.52. The predicted octanol–water partition coefficient (Wildman–Crippen LogP) is 2.37. The molecule has 1 atom stereocenters. The number of rotatable bonds is 12. The Bertz CT molecular complexity index is 1910. The van der Waals surface area contributed by atoms with Crippen LogP contribution in [0.15, 0.2) is 30.3 Å². The molecule has 0 saturated heterocycles. The van der Waals surface area contributed by atoms with E-state index in [9.17, 15) is 14.4 Å². The second kappa shape index (κ2) is 18.4. The van der Waals surface area contributed by atoms with Crippen LogP contribution >= 0.6 is 33.0 Å². The fourth-order valence-corrected chi connectivity index (χ4v) is 127. The first-order valence-electron chi connectivity index (χ1n) is 9.24. The summed E-state index contributed by atoms with van der Waals surface area (Å²) in [7, 11) is -1.21. The minimum Gasteiger partial charge on any atom is -0.480 e. The van der Waals surface area contributed by atoms with Gasteiger partial charge in [0.1, 0.15) is 6.04 Å². The lowest BCUT2D eigenvalue weighted by Crippen LogP contribution is -2.38. The van der Waals surface area contributed by atoms with E-state index in [0.29, 0.717) is 11.3 Å². The monoisotopic (exact) mass is 1080 g/mol. The molecule has 0 spiro atoms. The van der Waals surface area contributed by atoms with E-state index in [1.54, 1.807) is 24.3 Å². The van der Waals surface area contributed by atoms with Crippen molar-refractivity contribution in [1.82, 2.24) is 5.32 Å². The number of carboxylic acids is 1. The van der Waals surface area contributed by atoms with Crippen molar-refractivity contribution in [3.63, 3.8) is 0 Å². The maximum atomic E-state index is 11.7. The van der Waals surface area contributed by atoms with Crippen LogP contribution in [0.25, 0.3) is 0 Å². The number of hydrogen-bond acceptors (Lipinski definition) is 19. The number of carbonyl (C=O) groups excluding carboxylic acids is 2. The van der Waals surface area contributed by atoms with Crippen LogP contribution in [-0.2, 0) is 203 Å². The minimum atomic E-state index is -2.88. The molecular formula is C13H15INO4S22-. The lowest BCUT2D eigenvalue weighted by Gasteiger charge is -2.30. The Morgan fingerprint density at radius 3 is 1.68 bits per heavy atom. The van der Waals surface area contributed by atoms with E-state index in [2.05, 4.69) is 5.32 Å². The third-order valence-electron chi connectivity index (χ3n) is 3.73. The van der Waals surface area contributed by atoms with Gasteiger partial charge in [0.15, 0.2) is 0 Å². The summed E-state index contributed by atoms with van der Waals surface area (Å²) in [5.74, 6) is -1.13. The molecule has 0 aliphatic rings. The van der Waals surface area contributed by atoms with E-state index in [1.165, 1.54) is 6.92 Å². The average molecular weight is 1080 g/mol. The summed E-state index contributed by atoms with van der Waals surface area (Å²) in [6, 6.07) is 7.87. The van der Waals surface area contributed by atoms with E-state index in [1.807, 2.05) is 27.3 Å². The fourth-order valence-electron chi connectivity index (χ4n) is 1.74. The minimum absolute atomic E-state index is 0.0975. The summed E-state index contributed by atoms with van der Waals surface area (Å²) in [4.78, 5) is 33.6. The van der Waals surface area contributed by atoms with E-state index < -0.39 is 48.5 Å². The fraction of sp³-hybridized carbons (Fsp3) is 0.308. The number of halogens is 1. The highest BCUT2D eigenvalue weighted by atomic mass is 127. The number of aliphatic carboxylic acids is 1. The van der Waals surface area contributed by atoms with Crippen molar-refractivity contribution in [2.45, 2.75) is 19.4 Å². The summed E-state index contributed by atoms with van der Waals surface area (Å²) in [6.07, 6.45) is 0.112. The molecule has 0 radical (unpaired) electrons. The van der Waals surface area contributed by atoms with E-state index in [0.717, 1.165) is 11.8 Å². The van der Waals surface area contributed by atoms with Crippen LogP contribution in [0.4, 0.5) is 0 Å².